The Balaban J connectivity index is 1.50. The largest absolute Gasteiger partial charge is 0.298 e. The number of hydrogen-bond donors (Lipinski definition) is 0. The van der Waals surface area contributed by atoms with Gasteiger partial charge in [0.1, 0.15) is 5.75 Å². The monoisotopic (exact) mass is 319 g/mol. The van der Waals surface area contributed by atoms with Gasteiger partial charge in [-0.1, -0.05) is 0 Å². The van der Waals surface area contributed by atoms with Crippen LogP contribution in [-0.4, -0.2) is 24.9 Å². The number of carbonyl (C=O) groups is 1. The van der Waals surface area contributed by atoms with E-state index in [1.807, 2.05) is 0 Å². The number of hydrogen-bond acceptors (Lipinski definition) is 4. The highest BCUT2D eigenvalue weighted by molar-refractivity contribution is 7.91. The summed E-state index contributed by atoms with van der Waals surface area (Å²) in [6.07, 6.45) is 8.61. The molecule has 0 saturated heterocycles. The van der Waals surface area contributed by atoms with Crippen LogP contribution in [0.25, 0.3) is 0 Å². The number of aromatic nitrogens is 1. The van der Waals surface area contributed by atoms with Gasteiger partial charge in [-0.2, -0.15) is 0 Å². The molecule has 0 radical (unpaired) electrons. The molecular weight excluding hydrogens is 298 g/mol. The van der Waals surface area contributed by atoms with Gasteiger partial charge < -0.3 is 0 Å². The first kappa shape index (κ1) is 14.4. The minimum absolute atomic E-state index is 0.00347. The fourth-order valence-electron chi connectivity index (χ4n) is 5.38. The van der Waals surface area contributed by atoms with Gasteiger partial charge in [-0.3, -0.25) is 9.78 Å². The molecule has 2 unspecified atom stereocenters. The summed E-state index contributed by atoms with van der Waals surface area (Å²) in [5.74, 6) is 1.45. The van der Waals surface area contributed by atoms with Crippen LogP contribution in [0.4, 0.5) is 0 Å². The van der Waals surface area contributed by atoms with Crippen LogP contribution in [0.5, 0.6) is 0 Å². The predicted octanol–water partition coefficient (Wildman–Crippen LogP) is 2.39. The summed E-state index contributed by atoms with van der Waals surface area (Å²) >= 11 is 0. The number of sulfone groups is 1. The first-order chi connectivity index (χ1) is 10.5. The predicted molar refractivity (Wildman–Crippen MR) is 82.7 cm³/mol. The van der Waals surface area contributed by atoms with Crippen molar-refractivity contribution in [1.82, 2.24) is 4.98 Å². The lowest BCUT2D eigenvalue weighted by molar-refractivity contribution is -0.127. The summed E-state index contributed by atoms with van der Waals surface area (Å²) in [5.41, 5.74) is 0.413. The average molecular weight is 319 g/mol. The molecular formula is C17H21NO3S. The van der Waals surface area contributed by atoms with E-state index in [1.165, 1.54) is 6.42 Å². The van der Waals surface area contributed by atoms with E-state index in [4.69, 9.17) is 0 Å². The van der Waals surface area contributed by atoms with Crippen molar-refractivity contribution in [1.29, 1.82) is 0 Å². The summed E-state index contributed by atoms with van der Waals surface area (Å²) < 4.78 is 24.8. The van der Waals surface area contributed by atoms with E-state index >= 15 is 0 Å². The molecule has 4 aliphatic rings. The van der Waals surface area contributed by atoms with Crippen LogP contribution in [0.1, 0.15) is 37.7 Å². The smallest absolute Gasteiger partial charge is 0.161 e. The second-order valence-corrected chi connectivity index (χ2v) is 9.58. The Morgan fingerprint density at radius 1 is 1.14 bits per heavy atom. The number of rotatable bonds is 5. The van der Waals surface area contributed by atoms with E-state index in [1.54, 1.807) is 24.5 Å². The molecule has 4 nitrogen and oxygen atoms in total. The van der Waals surface area contributed by atoms with Crippen molar-refractivity contribution in [2.24, 2.45) is 23.2 Å². The van der Waals surface area contributed by atoms with Gasteiger partial charge in [-0.15, -0.1) is 0 Å². The molecule has 1 aromatic rings. The fraction of sp³-hybridized carbons (Fsp3) is 0.647. The average Bonchev–Trinajstić information content (AvgIpc) is 2.85. The highest BCUT2D eigenvalue weighted by Crippen LogP contribution is 2.65. The molecule has 118 valence electrons. The zero-order valence-corrected chi connectivity index (χ0v) is 13.4. The third-order valence-corrected chi connectivity index (χ3v) is 7.51. The molecule has 0 aromatic carbocycles. The highest BCUT2D eigenvalue weighted by atomic mass is 32.2. The summed E-state index contributed by atoms with van der Waals surface area (Å²) in [5, 5.41) is 0. The minimum Gasteiger partial charge on any atom is -0.298 e. The van der Waals surface area contributed by atoms with E-state index in [0.29, 0.717) is 23.3 Å². The Hall–Kier alpha value is -1.23. The molecule has 4 saturated carbocycles. The third kappa shape index (κ3) is 2.30. The van der Waals surface area contributed by atoms with Crippen molar-refractivity contribution in [3.63, 3.8) is 0 Å². The van der Waals surface area contributed by atoms with Gasteiger partial charge in [0.25, 0.3) is 0 Å². The highest BCUT2D eigenvalue weighted by Gasteiger charge is 2.61. The molecule has 5 heteroatoms. The van der Waals surface area contributed by atoms with E-state index in [-0.39, 0.29) is 22.7 Å². The van der Waals surface area contributed by atoms with Gasteiger partial charge in [0.05, 0.1) is 5.75 Å². The molecule has 1 heterocycles. The first-order valence-corrected chi connectivity index (χ1v) is 9.92. The van der Waals surface area contributed by atoms with Crippen molar-refractivity contribution in [3.8, 4) is 0 Å². The zero-order chi connectivity index (χ0) is 15.4. The molecule has 0 amide bonds. The topological polar surface area (TPSA) is 64.1 Å². The summed E-state index contributed by atoms with van der Waals surface area (Å²) in [6.45, 7) is 0. The molecule has 5 rings (SSSR count). The molecule has 0 aliphatic heterocycles. The van der Waals surface area contributed by atoms with Crippen LogP contribution >= 0.6 is 0 Å². The number of Topliss-reactive ketones (excluding diaryl/α,β-unsaturated/α-hetero) is 1. The van der Waals surface area contributed by atoms with Crippen LogP contribution in [0, 0.1) is 23.2 Å². The molecule has 4 fully saturated rings. The standard InChI is InChI=1S/C17H21NO3S/c19-16(11-22(20,21)10-12-1-3-18-4-2-12)17-8-13-5-14(9-17)7-15(17)6-13/h1-4,13-15H,5-11H2. The molecule has 2 atom stereocenters. The van der Waals surface area contributed by atoms with Crippen LogP contribution in [-0.2, 0) is 20.4 Å². The quantitative estimate of drug-likeness (QED) is 0.836. The second-order valence-electron chi connectivity index (χ2n) is 7.51. The molecule has 0 N–H and O–H groups in total. The van der Waals surface area contributed by atoms with Crippen molar-refractivity contribution in [2.45, 2.75) is 37.9 Å². The first-order valence-electron chi connectivity index (χ1n) is 8.09. The Kier molecular flexibility index (Phi) is 3.19. The van der Waals surface area contributed by atoms with Crippen LogP contribution in [0.2, 0.25) is 0 Å². The minimum atomic E-state index is -3.40. The maximum Gasteiger partial charge on any atom is 0.161 e. The lowest BCUT2D eigenvalue weighted by Crippen LogP contribution is -2.37. The Morgan fingerprint density at radius 2 is 1.77 bits per heavy atom. The Morgan fingerprint density at radius 3 is 2.41 bits per heavy atom. The number of ketones is 1. The summed E-state index contributed by atoms with van der Waals surface area (Å²) in [6, 6.07) is 3.40. The molecule has 0 spiro atoms. The fourth-order valence-corrected chi connectivity index (χ4v) is 6.87. The Bertz CT molecular complexity index is 684. The zero-order valence-electron chi connectivity index (χ0n) is 12.6. The van der Waals surface area contributed by atoms with Gasteiger partial charge >= 0.3 is 0 Å². The van der Waals surface area contributed by atoms with Crippen molar-refractivity contribution >= 4 is 15.6 Å². The van der Waals surface area contributed by atoms with Gasteiger partial charge in [0, 0.05) is 17.8 Å². The Labute approximate surface area is 131 Å². The van der Waals surface area contributed by atoms with E-state index in [0.717, 1.165) is 25.7 Å². The summed E-state index contributed by atoms with van der Waals surface area (Å²) in [4.78, 5) is 16.7. The van der Waals surface area contributed by atoms with Crippen molar-refractivity contribution in [3.05, 3.63) is 30.1 Å². The second kappa shape index (κ2) is 4.88. The van der Waals surface area contributed by atoms with Crippen molar-refractivity contribution < 1.29 is 13.2 Å². The van der Waals surface area contributed by atoms with Crippen LogP contribution in [0.15, 0.2) is 24.5 Å². The van der Waals surface area contributed by atoms with Gasteiger partial charge in [-0.25, -0.2) is 8.42 Å². The van der Waals surface area contributed by atoms with Crippen LogP contribution in [0.3, 0.4) is 0 Å². The van der Waals surface area contributed by atoms with Gasteiger partial charge in [-0.05, 0) is 67.6 Å². The lowest BCUT2D eigenvalue weighted by atomic mass is 9.73. The SMILES string of the molecule is O=C(CS(=O)(=O)Cc1ccncc1)C12CC3CC(CC1C3)C2. The summed E-state index contributed by atoms with van der Waals surface area (Å²) in [7, 11) is -3.40. The van der Waals surface area contributed by atoms with Gasteiger partial charge in [0.2, 0.25) is 0 Å². The van der Waals surface area contributed by atoms with Crippen molar-refractivity contribution in [2.75, 3.05) is 5.75 Å². The van der Waals surface area contributed by atoms with Gasteiger partial charge in [0.15, 0.2) is 15.6 Å². The molecule has 4 aliphatic carbocycles. The molecule has 1 aromatic heterocycles. The maximum atomic E-state index is 12.8. The lowest BCUT2D eigenvalue weighted by Gasteiger charge is -2.31. The van der Waals surface area contributed by atoms with E-state index < -0.39 is 9.84 Å². The maximum absolute atomic E-state index is 12.8. The van der Waals surface area contributed by atoms with Crippen LogP contribution < -0.4 is 0 Å². The normalized spacial score (nSPS) is 35.9. The third-order valence-electron chi connectivity index (χ3n) is 6.03. The number of carbonyl (C=O) groups excluding carboxylic acids is 1. The van der Waals surface area contributed by atoms with E-state index in [2.05, 4.69) is 4.98 Å². The molecule has 22 heavy (non-hydrogen) atoms. The van der Waals surface area contributed by atoms with E-state index in [9.17, 15) is 13.2 Å². The number of nitrogens with zero attached hydrogens (tertiary/aromatic N) is 1. The number of pyridine rings is 1. The molecule has 4 bridgehead atoms.